The summed E-state index contributed by atoms with van der Waals surface area (Å²) in [5, 5.41) is 11.3. The van der Waals surface area contributed by atoms with Gasteiger partial charge in [0.2, 0.25) is 0 Å². The standard InChI is InChI=1S/C27H40N2O2/c30-23-13-15-28(16-14-23)19-22-20-29(17-12-21-6-2-1-3-7-21)27-11-10-25(18-26(22)27)31-24-8-4-5-9-24/h10-11,18,20-21,23-24,30H,1-9,12-17,19H2. The van der Waals surface area contributed by atoms with Crippen molar-refractivity contribution in [1.29, 1.82) is 0 Å². The first-order chi connectivity index (χ1) is 15.2. The highest BCUT2D eigenvalue weighted by Crippen LogP contribution is 2.32. The third kappa shape index (κ3) is 5.28. The van der Waals surface area contributed by atoms with E-state index in [1.54, 1.807) is 0 Å². The molecule has 3 fully saturated rings. The minimum Gasteiger partial charge on any atom is -0.490 e. The smallest absolute Gasteiger partial charge is 0.120 e. The molecule has 0 atom stereocenters. The van der Waals surface area contributed by atoms with Crippen LogP contribution in [-0.2, 0) is 13.1 Å². The first-order valence-electron chi connectivity index (χ1n) is 12.9. The molecule has 1 aliphatic heterocycles. The van der Waals surface area contributed by atoms with Crippen LogP contribution in [0.4, 0.5) is 0 Å². The van der Waals surface area contributed by atoms with Crippen LogP contribution < -0.4 is 4.74 Å². The zero-order valence-electron chi connectivity index (χ0n) is 19.1. The van der Waals surface area contributed by atoms with Crippen LogP contribution in [0, 0.1) is 5.92 Å². The number of hydrogen-bond acceptors (Lipinski definition) is 3. The molecule has 2 aromatic rings. The largest absolute Gasteiger partial charge is 0.490 e. The van der Waals surface area contributed by atoms with Crippen molar-refractivity contribution in [2.75, 3.05) is 13.1 Å². The summed E-state index contributed by atoms with van der Waals surface area (Å²) in [6.45, 7) is 4.09. The second-order valence-electron chi connectivity index (χ2n) is 10.4. The van der Waals surface area contributed by atoms with Gasteiger partial charge < -0.3 is 14.4 Å². The SMILES string of the molecule is OC1CCN(Cc2cn(CCC3CCCCC3)c3ccc(OC4CCCC4)cc23)CC1. The van der Waals surface area contributed by atoms with E-state index in [1.807, 2.05) is 0 Å². The van der Waals surface area contributed by atoms with Crippen LogP contribution in [0.15, 0.2) is 24.4 Å². The van der Waals surface area contributed by atoms with E-state index in [9.17, 15) is 5.11 Å². The lowest BCUT2D eigenvalue weighted by atomic mass is 9.87. The molecule has 2 saturated carbocycles. The quantitative estimate of drug-likeness (QED) is 0.602. The van der Waals surface area contributed by atoms with E-state index in [4.69, 9.17) is 4.74 Å². The van der Waals surface area contributed by atoms with Gasteiger partial charge in [0, 0.05) is 43.3 Å². The highest BCUT2D eigenvalue weighted by molar-refractivity contribution is 5.85. The molecule has 5 rings (SSSR count). The zero-order valence-corrected chi connectivity index (χ0v) is 19.1. The molecule has 0 amide bonds. The Morgan fingerprint density at radius 1 is 0.903 bits per heavy atom. The Morgan fingerprint density at radius 2 is 1.65 bits per heavy atom. The zero-order chi connectivity index (χ0) is 21.0. The van der Waals surface area contributed by atoms with Crippen LogP contribution in [0.2, 0.25) is 0 Å². The molecule has 0 unspecified atom stereocenters. The van der Waals surface area contributed by atoms with E-state index < -0.39 is 0 Å². The van der Waals surface area contributed by atoms with Gasteiger partial charge in [-0.05, 0) is 74.6 Å². The molecule has 0 spiro atoms. The summed E-state index contributed by atoms with van der Waals surface area (Å²) in [6, 6.07) is 6.79. The predicted octanol–water partition coefficient (Wildman–Crippen LogP) is 5.89. The first-order valence-corrected chi connectivity index (χ1v) is 12.9. The summed E-state index contributed by atoms with van der Waals surface area (Å²) in [6.07, 6.45) is 17.9. The Bertz CT molecular complexity index is 840. The third-order valence-corrected chi connectivity index (χ3v) is 7.99. The van der Waals surface area contributed by atoms with Crippen molar-refractivity contribution < 1.29 is 9.84 Å². The Kier molecular flexibility index (Phi) is 6.85. The topological polar surface area (TPSA) is 37.6 Å². The van der Waals surface area contributed by atoms with Crippen molar-refractivity contribution >= 4 is 10.9 Å². The van der Waals surface area contributed by atoms with E-state index in [1.165, 1.54) is 80.7 Å². The minimum absolute atomic E-state index is 0.112. The molecule has 1 N–H and O–H groups in total. The minimum atomic E-state index is -0.112. The fourth-order valence-corrected chi connectivity index (χ4v) is 6.05. The number of nitrogens with zero attached hydrogens (tertiary/aromatic N) is 2. The van der Waals surface area contributed by atoms with E-state index in [2.05, 4.69) is 33.9 Å². The molecule has 4 heteroatoms. The lowest BCUT2D eigenvalue weighted by molar-refractivity contribution is 0.0794. The number of fused-ring (bicyclic) bond motifs is 1. The number of aliphatic hydroxyl groups is 1. The Balaban J connectivity index is 1.36. The van der Waals surface area contributed by atoms with Crippen molar-refractivity contribution in [3.05, 3.63) is 30.0 Å². The summed E-state index contributed by atoms with van der Waals surface area (Å²) in [5.41, 5.74) is 2.79. The van der Waals surface area contributed by atoms with Gasteiger partial charge in [0.25, 0.3) is 0 Å². The lowest BCUT2D eigenvalue weighted by Gasteiger charge is -2.29. The van der Waals surface area contributed by atoms with Gasteiger partial charge in [0.15, 0.2) is 0 Å². The molecule has 4 nitrogen and oxygen atoms in total. The van der Waals surface area contributed by atoms with Gasteiger partial charge in [-0.15, -0.1) is 0 Å². The third-order valence-electron chi connectivity index (χ3n) is 7.99. The van der Waals surface area contributed by atoms with E-state index in [0.717, 1.165) is 50.7 Å². The van der Waals surface area contributed by atoms with Crippen molar-refractivity contribution in [2.24, 2.45) is 5.92 Å². The lowest BCUT2D eigenvalue weighted by Crippen LogP contribution is -2.35. The maximum Gasteiger partial charge on any atom is 0.120 e. The monoisotopic (exact) mass is 424 g/mol. The van der Waals surface area contributed by atoms with E-state index >= 15 is 0 Å². The summed E-state index contributed by atoms with van der Waals surface area (Å²) in [4.78, 5) is 2.51. The second kappa shape index (κ2) is 9.95. The Labute approximate surface area is 187 Å². The highest BCUT2D eigenvalue weighted by Gasteiger charge is 2.21. The van der Waals surface area contributed by atoms with Gasteiger partial charge in [0.1, 0.15) is 5.75 Å². The van der Waals surface area contributed by atoms with Gasteiger partial charge in [-0.25, -0.2) is 0 Å². The summed E-state index contributed by atoms with van der Waals surface area (Å²) >= 11 is 0. The van der Waals surface area contributed by atoms with Crippen molar-refractivity contribution in [2.45, 2.75) is 102 Å². The van der Waals surface area contributed by atoms with Crippen LogP contribution in [-0.4, -0.2) is 39.9 Å². The summed E-state index contributed by atoms with van der Waals surface area (Å²) < 4.78 is 8.86. The molecule has 2 aliphatic carbocycles. The van der Waals surface area contributed by atoms with E-state index in [0.29, 0.717) is 6.10 Å². The molecule has 1 aromatic carbocycles. The van der Waals surface area contributed by atoms with Gasteiger partial charge in [-0.1, -0.05) is 32.1 Å². The molecular weight excluding hydrogens is 384 g/mol. The summed E-state index contributed by atoms with van der Waals surface area (Å²) in [5.74, 6) is 1.95. The van der Waals surface area contributed by atoms with Crippen LogP contribution >= 0.6 is 0 Å². The van der Waals surface area contributed by atoms with Gasteiger partial charge in [-0.3, -0.25) is 4.90 Å². The highest BCUT2D eigenvalue weighted by atomic mass is 16.5. The second-order valence-corrected chi connectivity index (χ2v) is 10.4. The van der Waals surface area contributed by atoms with Crippen molar-refractivity contribution in [1.82, 2.24) is 9.47 Å². The average Bonchev–Trinajstić information content (AvgIpc) is 3.43. The van der Waals surface area contributed by atoms with Crippen LogP contribution in [0.5, 0.6) is 5.75 Å². The van der Waals surface area contributed by atoms with Crippen LogP contribution in [0.3, 0.4) is 0 Å². The number of hydrogen-bond donors (Lipinski definition) is 1. The fraction of sp³-hybridized carbons (Fsp3) is 0.704. The molecule has 0 bridgehead atoms. The van der Waals surface area contributed by atoms with Crippen LogP contribution in [0.1, 0.15) is 82.6 Å². The molecule has 31 heavy (non-hydrogen) atoms. The van der Waals surface area contributed by atoms with Gasteiger partial charge in [0.05, 0.1) is 12.2 Å². The number of ether oxygens (including phenoxy) is 1. The number of aryl methyl sites for hydroxylation is 1. The number of likely N-dealkylation sites (tertiary alicyclic amines) is 1. The molecule has 170 valence electrons. The Morgan fingerprint density at radius 3 is 2.42 bits per heavy atom. The predicted molar refractivity (Wildman–Crippen MR) is 127 cm³/mol. The molecular formula is C27H40N2O2. The molecule has 1 aromatic heterocycles. The Hall–Kier alpha value is -1.52. The van der Waals surface area contributed by atoms with E-state index in [-0.39, 0.29) is 6.10 Å². The molecule has 2 heterocycles. The number of piperidine rings is 1. The van der Waals surface area contributed by atoms with Crippen molar-refractivity contribution in [3.8, 4) is 5.75 Å². The number of benzene rings is 1. The molecule has 1 saturated heterocycles. The maximum absolute atomic E-state index is 9.89. The van der Waals surface area contributed by atoms with Crippen LogP contribution in [0.25, 0.3) is 10.9 Å². The first kappa shape index (κ1) is 21.3. The van der Waals surface area contributed by atoms with Crippen molar-refractivity contribution in [3.63, 3.8) is 0 Å². The fourth-order valence-electron chi connectivity index (χ4n) is 6.05. The number of rotatable bonds is 7. The maximum atomic E-state index is 9.89. The molecule has 3 aliphatic rings. The number of aromatic nitrogens is 1. The van der Waals surface area contributed by atoms with Gasteiger partial charge in [-0.2, -0.15) is 0 Å². The number of aliphatic hydroxyl groups excluding tert-OH is 1. The van der Waals surface area contributed by atoms with Gasteiger partial charge >= 0.3 is 0 Å². The molecule has 0 radical (unpaired) electrons. The average molecular weight is 425 g/mol. The summed E-state index contributed by atoms with van der Waals surface area (Å²) in [7, 11) is 0. The normalized spacial score (nSPS) is 22.5.